The van der Waals surface area contributed by atoms with Crippen molar-refractivity contribution in [2.75, 3.05) is 0 Å². The topological polar surface area (TPSA) is 34.4 Å². The van der Waals surface area contributed by atoms with E-state index in [-0.39, 0.29) is 5.91 Å². The van der Waals surface area contributed by atoms with Crippen molar-refractivity contribution in [3.05, 3.63) is 44.8 Å². The minimum absolute atomic E-state index is 0.232. The summed E-state index contributed by atoms with van der Waals surface area (Å²) in [6.45, 7) is 0. The number of thiophene rings is 1. The number of carbonyl (C=O) groups excluding carboxylic acids is 1. The van der Waals surface area contributed by atoms with E-state index in [1.54, 1.807) is 17.4 Å². The summed E-state index contributed by atoms with van der Waals surface area (Å²) in [4.78, 5) is 16.2. The number of nitrogens with zero attached hydrogens (tertiary/aromatic N) is 2. The molecule has 3 nitrogen and oxygen atoms in total. The summed E-state index contributed by atoms with van der Waals surface area (Å²) >= 11 is 3.05. The molecule has 0 N–H and O–H groups in total. The third-order valence-corrected chi connectivity index (χ3v) is 3.48. The highest BCUT2D eigenvalue weighted by molar-refractivity contribution is 7.08. The number of carbonyl (C=O) groups is 1. The fraction of sp³-hybridized carbons (Fsp3) is 0.0909. The van der Waals surface area contributed by atoms with Gasteiger partial charge in [0, 0.05) is 24.7 Å². The Balaban J connectivity index is 2.14. The quantitative estimate of drug-likeness (QED) is 0.753. The fourth-order valence-corrected chi connectivity index (χ4v) is 2.47. The van der Waals surface area contributed by atoms with Crippen molar-refractivity contribution in [2.45, 2.75) is 0 Å². The van der Waals surface area contributed by atoms with Crippen molar-refractivity contribution < 1.29 is 4.79 Å². The molecular weight excluding hydrogens is 240 g/mol. The second-order valence-corrected chi connectivity index (χ2v) is 4.79. The van der Waals surface area contributed by atoms with Gasteiger partial charge in [0.25, 0.3) is 5.91 Å². The number of rotatable bonds is 2. The molecular formula is C11H10N2OS2. The maximum absolute atomic E-state index is 11.5. The van der Waals surface area contributed by atoms with Crippen LogP contribution < -0.4 is 4.80 Å². The van der Waals surface area contributed by atoms with Gasteiger partial charge >= 0.3 is 0 Å². The molecule has 0 aliphatic heterocycles. The van der Waals surface area contributed by atoms with Crippen molar-refractivity contribution in [3.8, 4) is 0 Å². The minimum atomic E-state index is -0.232. The van der Waals surface area contributed by atoms with Crippen LogP contribution in [0.5, 0.6) is 0 Å². The average Bonchev–Trinajstić information content (AvgIpc) is 2.88. The maximum Gasteiger partial charge on any atom is 0.272 e. The molecule has 2 rings (SSSR count). The highest BCUT2D eigenvalue weighted by atomic mass is 32.1. The van der Waals surface area contributed by atoms with Crippen LogP contribution >= 0.6 is 22.7 Å². The zero-order valence-electron chi connectivity index (χ0n) is 8.66. The molecule has 82 valence electrons. The minimum Gasteiger partial charge on any atom is -0.327 e. The summed E-state index contributed by atoms with van der Waals surface area (Å²) in [5, 5.41) is 5.85. The number of aryl methyl sites for hydroxylation is 1. The molecule has 0 bridgehead atoms. The summed E-state index contributed by atoms with van der Waals surface area (Å²) in [6, 6.07) is 1.96. The van der Waals surface area contributed by atoms with E-state index in [0.29, 0.717) is 4.80 Å². The van der Waals surface area contributed by atoms with Crippen LogP contribution in [0.3, 0.4) is 0 Å². The Kier molecular flexibility index (Phi) is 3.48. The zero-order valence-corrected chi connectivity index (χ0v) is 10.3. The summed E-state index contributed by atoms with van der Waals surface area (Å²) in [5.41, 5.74) is 1.03. The van der Waals surface area contributed by atoms with Crippen LogP contribution in [0.4, 0.5) is 0 Å². The Hall–Kier alpha value is -1.46. The molecule has 5 heteroatoms. The lowest BCUT2D eigenvalue weighted by Gasteiger charge is -1.87. The molecule has 0 aliphatic rings. The monoisotopic (exact) mass is 250 g/mol. The zero-order chi connectivity index (χ0) is 11.4. The second kappa shape index (κ2) is 5.05. The third-order valence-electron chi connectivity index (χ3n) is 1.93. The van der Waals surface area contributed by atoms with E-state index in [1.165, 1.54) is 17.4 Å². The van der Waals surface area contributed by atoms with E-state index in [9.17, 15) is 4.79 Å². The highest BCUT2D eigenvalue weighted by Gasteiger charge is 1.94. The van der Waals surface area contributed by atoms with E-state index in [4.69, 9.17) is 0 Å². The first kappa shape index (κ1) is 11.0. The van der Waals surface area contributed by atoms with Crippen molar-refractivity contribution >= 4 is 34.7 Å². The number of hydrogen-bond acceptors (Lipinski definition) is 3. The van der Waals surface area contributed by atoms with Gasteiger partial charge < -0.3 is 4.57 Å². The molecule has 0 spiro atoms. The summed E-state index contributed by atoms with van der Waals surface area (Å²) in [7, 11) is 1.87. The molecule has 0 fully saturated rings. The molecule has 0 aromatic carbocycles. The molecule has 0 saturated carbocycles. The molecule has 0 aliphatic carbocycles. The lowest BCUT2D eigenvalue weighted by molar-refractivity contribution is -0.113. The van der Waals surface area contributed by atoms with Crippen LogP contribution in [0.25, 0.3) is 6.08 Å². The molecule has 2 aromatic heterocycles. The first-order valence-corrected chi connectivity index (χ1v) is 6.47. The maximum atomic E-state index is 11.5. The van der Waals surface area contributed by atoms with Crippen molar-refractivity contribution in [1.29, 1.82) is 0 Å². The van der Waals surface area contributed by atoms with Gasteiger partial charge in [-0.05, 0) is 28.5 Å². The molecule has 0 atom stereocenters. The van der Waals surface area contributed by atoms with Crippen LogP contribution in [-0.4, -0.2) is 10.5 Å². The van der Waals surface area contributed by atoms with Gasteiger partial charge in [-0.15, -0.1) is 11.3 Å². The second-order valence-electron chi connectivity index (χ2n) is 3.14. The van der Waals surface area contributed by atoms with Gasteiger partial charge in [-0.1, -0.05) is 0 Å². The predicted octanol–water partition coefficient (Wildman–Crippen LogP) is 2.29. The Morgan fingerprint density at radius 2 is 2.38 bits per heavy atom. The molecule has 16 heavy (non-hydrogen) atoms. The predicted molar refractivity (Wildman–Crippen MR) is 67.2 cm³/mol. The Morgan fingerprint density at radius 3 is 3.00 bits per heavy atom. The van der Waals surface area contributed by atoms with Gasteiger partial charge in [0.05, 0.1) is 0 Å². The van der Waals surface area contributed by atoms with Crippen LogP contribution in [0.15, 0.2) is 39.5 Å². The molecule has 0 radical (unpaired) electrons. The SMILES string of the molecule is Cn1ccsc1=NC(=O)C=Cc1ccsc1. The molecule has 0 unspecified atom stereocenters. The standard InChI is InChI=1S/C11H10N2OS2/c1-13-5-7-16-11(13)12-10(14)3-2-9-4-6-15-8-9/h2-8H,1H3. The largest absolute Gasteiger partial charge is 0.327 e. The number of hydrogen-bond donors (Lipinski definition) is 0. The van der Waals surface area contributed by atoms with Gasteiger partial charge in [-0.25, -0.2) is 0 Å². The van der Waals surface area contributed by atoms with E-state index >= 15 is 0 Å². The smallest absolute Gasteiger partial charge is 0.272 e. The lowest BCUT2D eigenvalue weighted by atomic mass is 10.3. The van der Waals surface area contributed by atoms with Crippen LogP contribution in [0, 0.1) is 0 Å². The third kappa shape index (κ3) is 2.77. The Morgan fingerprint density at radius 1 is 1.50 bits per heavy atom. The van der Waals surface area contributed by atoms with E-state index < -0.39 is 0 Å². The van der Waals surface area contributed by atoms with Gasteiger partial charge in [-0.3, -0.25) is 4.79 Å². The molecule has 2 aromatic rings. The average molecular weight is 250 g/mol. The first-order chi connectivity index (χ1) is 7.75. The van der Waals surface area contributed by atoms with Crippen LogP contribution in [0.2, 0.25) is 0 Å². The van der Waals surface area contributed by atoms with Gasteiger partial charge in [0.15, 0.2) is 4.80 Å². The Bertz CT molecular complexity index is 561. The van der Waals surface area contributed by atoms with Gasteiger partial charge in [0.1, 0.15) is 0 Å². The van der Waals surface area contributed by atoms with Crippen molar-refractivity contribution in [1.82, 2.24) is 4.57 Å². The van der Waals surface area contributed by atoms with Gasteiger partial charge in [0.2, 0.25) is 0 Å². The highest BCUT2D eigenvalue weighted by Crippen LogP contribution is 2.07. The summed E-state index contributed by atoms with van der Waals surface area (Å²) in [5.74, 6) is -0.232. The van der Waals surface area contributed by atoms with Crippen LogP contribution in [-0.2, 0) is 11.8 Å². The van der Waals surface area contributed by atoms with E-state index in [1.807, 2.05) is 40.0 Å². The first-order valence-electron chi connectivity index (χ1n) is 4.65. The summed E-state index contributed by atoms with van der Waals surface area (Å²) in [6.07, 6.45) is 5.14. The van der Waals surface area contributed by atoms with Crippen molar-refractivity contribution in [2.24, 2.45) is 12.0 Å². The van der Waals surface area contributed by atoms with Gasteiger partial charge in [-0.2, -0.15) is 16.3 Å². The molecule has 2 heterocycles. The summed E-state index contributed by atoms with van der Waals surface area (Å²) < 4.78 is 1.82. The van der Waals surface area contributed by atoms with Crippen LogP contribution in [0.1, 0.15) is 5.56 Å². The van der Waals surface area contributed by atoms with E-state index in [2.05, 4.69) is 4.99 Å². The number of amides is 1. The number of thiazole rings is 1. The van der Waals surface area contributed by atoms with Crippen molar-refractivity contribution in [3.63, 3.8) is 0 Å². The molecule has 1 amide bonds. The Labute approximate surface area is 101 Å². The fourth-order valence-electron chi connectivity index (χ4n) is 1.10. The number of aromatic nitrogens is 1. The molecule has 0 saturated heterocycles. The normalized spacial score (nSPS) is 12.4. The lowest BCUT2D eigenvalue weighted by Crippen LogP contribution is -2.11. The van der Waals surface area contributed by atoms with E-state index in [0.717, 1.165) is 5.56 Å².